The zero-order valence-corrected chi connectivity index (χ0v) is 62.6. The molecule has 0 spiro atoms. The fourth-order valence-electron chi connectivity index (χ4n) is 9.06. The van der Waals surface area contributed by atoms with Crippen LogP contribution in [0.2, 0.25) is 0 Å². The molecular weight excluding hydrogens is 1290 g/mol. The Morgan fingerprint density at radius 3 is 0.818 bits per heavy atom. The molecule has 0 radical (unpaired) electrons. The maximum Gasteiger partial charge on any atom is 0.472 e. The van der Waals surface area contributed by atoms with Gasteiger partial charge in [0.05, 0.1) is 26.4 Å². The van der Waals surface area contributed by atoms with Gasteiger partial charge in [-0.15, -0.1) is 0 Å². The highest BCUT2D eigenvalue weighted by molar-refractivity contribution is 7.47. The minimum atomic E-state index is -4.95. The predicted octanol–water partition coefficient (Wildman–Crippen LogP) is 21.4. The molecule has 0 saturated carbocycles. The molecule has 0 aromatic rings. The van der Waals surface area contributed by atoms with E-state index in [0.717, 1.165) is 173 Å². The van der Waals surface area contributed by atoms with Gasteiger partial charge in [0, 0.05) is 19.3 Å². The van der Waals surface area contributed by atoms with Crippen molar-refractivity contribution in [2.75, 3.05) is 39.6 Å². The normalized spacial score (nSPS) is 15.1. The fraction of sp³-hybridized carbons (Fsp3) is 0.593. The zero-order valence-electron chi connectivity index (χ0n) is 60.8. The van der Waals surface area contributed by atoms with E-state index in [2.05, 4.69) is 203 Å². The average molecular weight is 1420 g/mol. The second-order valence-corrected chi connectivity index (χ2v) is 26.9. The molecule has 0 aromatic heterocycles. The number of carbonyl (C=O) groups is 3. The van der Waals surface area contributed by atoms with E-state index in [4.69, 9.17) is 32.3 Å². The van der Waals surface area contributed by atoms with Crippen molar-refractivity contribution in [3.05, 3.63) is 182 Å². The van der Waals surface area contributed by atoms with Crippen molar-refractivity contribution in [2.45, 2.75) is 270 Å². The lowest BCUT2D eigenvalue weighted by atomic mass is 10.1. The largest absolute Gasteiger partial charge is 0.472 e. The third-order valence-electron chi connectivity index (χ3n) is 14.6. The molecule has 0 heterocycles. The quantitative estimate of drug-likeness (QED) is 0.0146. The summed E-state index contributed by atoms with van der Waals surface area (Å²) in [4.78, 5) is 58.5. The van der Waals surface area contributed by atoms with Gasteiger partial charge in [0.25, 0.3) is 0 Å². The van der Waals surface area contributed by atoms with Crippen molar-refractivity contribution >= 4 is 33.6 Å². The number of esters is 3. The van der Waals surface area contributed by atoms with Gasteiger partial charge in [-0.1, -0.05) is 261 Å². The Bertz CT molecular complexity index is 2530. The average Bonchev–Trinajstić information content (AvgIpc) is 1.44. The lowest BCUT2D eigenvalue weighted by Crippen LogP contribution is -2.30. The third kappa shape index (κ3) is 73.7. The van der Waals surface area contributed by atoms with Crippen LogP contribution in [0.15, 0.2) is 182 Å². The highest BCUT2D eigenvalue weighted by atomic mass is 31.2. The maximum atomic E-state index is 12.9. The van der Waals surface area contributed by atoms with Crippen molar-refractivity contribution in [3.63, 3.8) is 0 Å². The van der Waals surface area contributed by atoms with Gasteiger partial charge in [-0.05, 0) is 154 Å². The van der Waals surface area contributed by atoms with Gasteiger partial charge in [0.15, 0.2) is 6.10 Å². The van der Waals surface area contributed by atoms with Crippen LogP contribution >= 0.6 is 15.6 Å². The molecule has 99 heavy (non-hydrogen) atoms. The summed E-state index contributed by atoms with van der Waals surface area (Å²) < 4.78 is 61.0. The molecule has 0 bridgehead atoms. The molecule has 0 amide bonds. The van der Waals surface area contributed by atoms with Gasteiger partial charge in [0.1, 0.15) is 25.4 Å². The van der Waals surface area contributed by atoms with E-state index >= 15 is 0 Å². The van der Waals surface area contributed by atoms with Crippen LogP contribution < -0.4 is 0 Å². The van der Waals surface area contributed by atoms with E-state index in [-0.39, 0.29) is 19.3 Å². The summed E-state index contributed by atoms with van der Waals surface area (Å²) >= 11 is 0. The number of phosphoric ester groups is 2. The molecule has 0 aromatic carbocycles. The van der Waals surface area contributed by atoms with Crippen LogP contribution in [0.5, 0.6) is 0 Å². The van der Waals surface area contributed by atoms with Crippen molar-refractivity contribution in [2.24, 2.45) is 0 Å². The molecule has 18 heteroatoms. The fourth-order valence-corrected chi connectivity index (χ4v) is 10.6. The van der Waals surface area contributed by atoms with E-state index in [1.165, 1.54) is 19.3 Å². The molecule has 5 unspecified atom stereocenters. The number of ether oxygens (including phenoxy) is 3. The van der Waals surface area contributed by atoms with Gasteiger partial charge >= 0.3 is 33.6 Å². The lowest BCUT2D eigenvalue weighted by molar-refractivity contribution is -0.161. The van der Waals surface area contributed by atoms with Gasteiger partial charge in [-0.2, -0.15) is 0 Å². The summed E-state index contributed by atoms with van der Waals surface area (Å²) in [5, 5.41) is 20.6. The summed E-state index contributed by atoms with van der Waals surface area (Å²) in [5.74, 6) is -1.67. The van der Waals surface area contributed by atoms with Gasteiger partial charge in [-0.3, -0.25) is 32.5 Å². The summed E-state index contributed by atoms with van der Waals surface area (Å²) in [6.45, 7) is 2.22. The van der Waals surface area contributed by atoms with Gasteiger partial charge in [0.2, 0.25) is 0 Å². The zero-order chi connectivity index (χ0) is 72.3. The Hall–Kier alpha value is -5.35. The highest BCUT2D eigenvalue weighted by Crippen LogP contribution is 2.45. The molecule has 0 saturated heterocycles. The number of aliphatic hydroxyl groups is 2. The standard InChI is InChI=1S/C81H130O16P2/c1-4-7-10-13-16-19-22-25-28-30-32-34-35-36-37-38-39-41-43-44-47-49-52-55-58-61-64-67-79(84)91-70-76(82)71-93-98(87,88)94-72-77(83)73-95-99(89,90)96-75-78(97-81(86)69-66-63-60-57-54-51-46-27-24-21-18-15-12-9-6-3)74-92-80(85)68-65-62-59-56-53-50-48-45-42-40-33-31-29-26-23-20-17-14-11-8-5-2/h7-12,16-21,25-29,32-34,36-37,39-41,45-46,48,53,56,76-78,82-83H,4-6,13-15,22-24,30-31,35,38,42-44,47,49-52,54-55,57-75H2,1-3H3,(H,87,88)(H,89,90)/b10-7-,11-8-,12-9-,19-16-,20-17-,21-18-,28-25-,29-26-,34-32-,37-36-,40-33-,41-39-,46-27-,48-45-,56-53-. The first kappa shape index (κ1) is 93.6. The summed E-state index contributed by atoms with van der Waals surface area (Å²) in [6, 6.07) is 0. The molecule has 0 aliphatic rings. The summed E-state index contributed by atoms with van der Waals surface area (Å²) in [7, 11) is -9.82. The molecule has 0 aliphatic heterocycles. The van der Waals surface area contributed by atoms with Gasteiger partial charge in [-0.25, -0.2) is 9.13 Å². The Kier molecular flexibility index (Phi) is 68.5. The van der Waals surface area contributed by atoms with E-state index in [1.807, 2.05) is 0 Å². The second kappa shape index (κ2) is 72.4. The smallest absolute Gasteiger partial charge is 0.463 e. The Labute approximate surface area is 598 Å². The van der Waals surface area contributed by atoms with E-state index < -0.39 is 91.5 Å². The summed E-state index contributed by atoms with van der Waals surface area (Å²) in [5.41, 5.74) is 0. The van der Waals surface area contributed by atoms with Crippen LogP contribution in [-0.4, -0.2) is 95.9 Å². The molecule has 0 fully saturated rings. The summed E-state index contributed by atoms with van der Waals surface area (Å²) in [6.07, 6.45) is 92.3. The number of aliphatic hydroxyl groups excluding tert-OH is 2. The number of carbonyl (C=O) groups excluding carboxylic acids is 3. The second-order valence-electron chi connectivity index (χ2n) is 23.9. The minimum absolute atomic E-state index is 0.0679. The topological polar surface area (TPSA) is 231 Å². The van der Waals surface area contributed by atoms with Crippen LogP contribution in [-0.2, 0) is 55.8 Å². The number of phosphoric acid groups is 2. The molecule has 16 nitrogen and oxygen atoms in total. The van der Waals surface area contributed by atoms with E-state index in [9.17, 15) is 43.5 Å². The Balaban J connectivity index is 4.66. The highest BCUT2D eigenvalue weighted by Gasteiger charge is 2.29. The lowest BCUT2D eigenvalue weighted by Gasteiger charge is -2.21. The first-order valence-corrected chi connectivity index (χ1v) is 40.1. The van der Waals surface area contributed by atoms with Gasteiger partial charge < -0.3 is 34.2 Å². The van der Waals surface area contributed by atoms with Crippen LogP contribution in [0.1, 0.15) is 252 Å². The number of unbranched alkanes of at least 4 members (excludes halogenated alkanes) is 15. The predicted molar refractivity (Wildman–Crippen MR) is 408 cm³/mol. The van der Waals surface area contributed by atoms with Crippen molar-refractivity contribution in [1.82, 2.24) is 0 Å². The molecule has 560 valence electrons. The van der Waals surface area contributed by atoms with Crippen LogP contribution in [0.3, 0.4) is 0 Å². The van der Waals surface area contributed by atoms with Crippen molar-refractivity contribution < 1.29 is 75.8 Å². The molecule has 5 atom stereocenters. The Morgan fingerprint density at radius 1 is 0.283 bits per heavy atom. The molecule has 0 rings (SSSR count). The van der Waals surface area contributed by atoms with Crippen LogP contribution in [0.4, 0.5) is 0 Å². The Morgan fingerprint density at radius 2 is 0.505 bits per heavy atom. The first-order chi connectivity index (χ1) is 48.2. The molecular formula is C81H130O16P2. The van der Waals surface area contributed by atoms with Crippen LogP contribution in [0, 0.1) is 0 Å². The van der Waals surface area contributed by atoms with E-state index in [0.29, 0.717) is 19.3 Å². The van der Waals surface area contributed by atoms with Crippen LogP contribution in [0.25, 0.3) is 0 Å². The molecule has 4 N–H and O–H groups in total. The third-order valence-corrected chi connectivity index (χ3v) is 16.5. The number of allylic oxidation sites excluding steroid dienone is 30. The molecule has 0 aliphatic carbocycles. The minimum Gasteiger partial charge on any atom is -0.463 e. The SMILES string of the molecule is CC/C=C\C/C=C\C/C=C\C/C=C\C/C=C\C/C=C\CCCCCCCCCCC(=O)OCC(O)COP(=O)(O)OCC(O)COP(=O)(O)OCC(COC(=O)CCCC/C=C\C/C=C\C/C=C\C/C=C\C/C=C\C/C=C\CC)OC(=O)CCCCCCC/C=C\C/C=C\C/C=C\CC. The first-order valence-electron chi connectivity index (χ1n) is 37.1. The number of rotatable bonds is 68. The van der Waals surface area contributed by atoms with E-state index in [1.54, 1.807) is 0 Å². The number of hydrogen-bond acceptors (Lipinski definition) is 14. The maximum absolute atomic E-state index is 12.9. The van der Waals surface area contributed by atoms with Crippen molar-refractivity contribution in [1.29, 1.82) is 0 Å². The van der Waals surface area contributed by atoms with Crippen molar-refractivity contribution in [3.8, 4) is 0 Å². The number of hydrogen-bond donors (Lipinski definition) is 4. The monoisotopic (exact) mass is 1420 g/mol.